The Morgan fingerprint density at radius 3 is 1.88 bits per heavy atom. The van der Waals surface area contributed by atoms with Gasteiger partial charge in [-0.25, -0.2) is 0 Å². The average Bonchev–Trinajstić information content (AvgIpc) is 2.30. The fourth-order valence-corrected chi connectivity index (χ4v) is 1.22. The number of hydrogen-bond acceptors (Lipinski definition) is 2. The van der Waals surface area contributed by atoms with Gasteiger partial charge >= 0.3 is 0 Å². The highest BCUT2D eigenvalue weighted by atomic mass is 16.3. The van der Waals surface area contributed by atoms with E-state index in [1.807, 2.05) is 0 Å². The molecule has 1 atom stereocenters. The van der Waals surface area contributed by atoms with Gasteiger partial charge in [-0.2, -0.15) is 0 Å². The summed E-state index contributed by atoms with van der Waals surface area (Å²) >= 11 is 0. The molecule has 1 rings (SSSR count). The van der Waals surface area contributed by atoms with E-state index in [0.717, 1.165) is 5.92 Å². The summed E-state index contributed by atoms with van der Waals surface area (Å²) in [4.78, 5) is 0. The number of para-hydroxylation sites is 2. The van der Waals surface area contributed by atoms with Crippen LogP contribution in [0.2, 0.25) is 0 Å². The van der Waals surface area contributed by atoms with Gasteiger partial charge in [-0.15, -0.1) is 0 Å². The molecule has 0 amide bonds. The van der Waals surface area contributed by atoms with Gasteiger partial charge in [0.05, 0.1) is 0 Å². The first kappa shape index (κ1) is 14.8. The number of hydrogen-bond donors (Lipinski definition) is 2. The molecule has 1 aromatic rings. The van der Waals surface area contributed by atoms with Crippen molar-refractivity contribution in [2.24, 2.45) is 5.92 Å². The van der Waals surface area contributed by atoms with Crippen LogP contribution in [0.1, 0.15) is 46.5 Å². The van der Waals surface area contributed by atoms with E-state index < -0.39 is 0 Å². The van der Waals surface area contributed by atoms with E-state index in [9.17, 15) is 0 Å². The molecular formula is C14H24O2. The predicted molar refractivity (Wildman–Crippen MR) is 68.8 cm³/mol. The molecule has 0 fully saturated rings. The Bertz CT molecular complexity index is 250. The molecule has 2 N–H and O–H groups in total. The average molecular weight is 224 g/mol. The van der Waals surface area contributed by atoms with Crippen LogP contribution in [0.3, 0.4) is 0 Å². The fourth-order valence-electron chi connectivity index (χ4n) is 1.22. The molecule has 92 valence electrons. The lowest BCUT2D eigenvalue weighted by atomic mass is 10.0. The van der Waals surface area contributed by atoms with Crippen LogP contribution in [0.15, 0.2) is 24.3 Å². The molecule has 0 heterocycles. The topological polar surface area (TPSA) is 40.5 Å². The van der Waals surface area contributed by atoms with Crippen LogP contribution in [-0.2, 0) is 0 Å². The smallest absolute Gasteiger partial charge is 0.157 e. The van der Waals surface area contributed by atoms with Crippen molar-refractivity contribution in [3.63, 3.8) is 0 Å². The van der Waals surface area contributed by atoms with Crippen molar-refractivity contribution >= 4 is 0 Å². The molecule has 1 aromatic carbocycles. The van der Waals surface area contributed by atoms with Crippen molar-refractivity contribution in [1.29, 1.82) is 0 Å². The molecule has 0 saturated heterocycles. The van der Waals surface area contributed by atoms with Crippen LogP contribution in [-0.4, -0.2) is 10.2 Å². The maximum absolute atomic E-state index is 8.67. The number of rotatable bonds is 4. The summed E-state index contributed by atoms with van der Waals surface area (Å²) in [7, 11) is 0. The minimum atomic E-state index is -0.0764. The van der Waals surface area contributed by atoms with Gasteiger partial charge in [0, 0.05) is 0 Å². The predicted octanol–water partition coefficient (Wildman–Crippen LogP) is 4.32. The summed E-state index contributed by atoms with van der Waals surface area (Å²) in [6.07, 6.45) is 5.53. The molecule has 16 heavy (non-hydrogen) atoms. The maximum atomic E-state index is 8.67. The number of phenolic OH excluding ortho intramolecular Hbond substituents is 2. The molecule has 0 bridgehead atoms. The second-order valence-corrected chi connectivity index (χ2v) is 4.14. The molecule has 0 aliphatic heterocycles. The van der Waals surface area contributed by atoms with Gasteiger partial charge in [0.1, 0.15) is 0 Å². The van der Waals surface area contributed by atoms with Crippen molar-refractivity contribution < 1.29 is 10.2 Å². The Morgan fingerprint density at radius 1 is 1.06 bits per heavy atom. The minimum Gasteiger partial charge on any atom is -0.504 e. The quantitative estimate of drug-likeness (QED) is 0.748. The van der Waals surface area contributed by atoms with Crippen LogP contribution in [0.4, 0.5) is 0 Å². The largest absolute Gasteiger partial charge is 0.504 e. The number of unbranched alkanes of at least 4 members (excludes halogenated alkanes) is 1. The zero-order valence-corrected chi connectivity index (χ0v) is 10.6. The van der Waals surface area contributed by atoms with Crippen molar-refractivity contribution in [2.45, 2.75) is 46.5 Å². The van der Waals surface area contributed by atoms with Crippen LogP contribution >= 0.6 is 0 Å². The summed E-state index contributed by atoms with van der Waals surface area (Å²) in [6.45, 7) is 6.85. The van der Waals surface area contributed by atoms with Crippen molar-refractivity contribution in [3.05, 3.63) is 24.3 Å². The summed E-state index contributed by atoms with van der Waals surface area (Å²) < 4.78 is 0. The lowest BCUT2D eigenvalue weighted by Gasteiger charge is -2.04. The molecule has 0 saturated carbocycles. The van der Waals surface area contributed by atoms with Gasteiger partial charge in [0.2, 0.25) is 0 Å². The summed E-state index contributed by atoms with van der Waals surface area (Å²) in [6, 6.07) is 6.15. The fraction of sp³-hybridized carbons (Fsp3) is 0.571. The van der Waals surface area contributed by atoms with Gasteiger partial charge in [0.15, 0.2) is 11.5 Å². The first-order chi connectivity index (χ1) is 7.61. The maximum Gasteiger partial charge on any atom is 0.157 e. The van der Waals surface area contributed by atoms with Gasteiger partial charge in [-0.3, -0.25) is 0 Å². The highest BCUT2D eigenvalue weighted by Gasteiger charge is 1.94. The lowest BCUT2D eigenvalue weighted by Crippen LogP contribution is -1.89. The third kappa shape index (κ3) is 7.16. The van der Waals surface area contributed by atoms with Crippen molar-refractivity contribution in [2.75, 3.05) is 0 Å². The second-order valence-electron chi connectivity index (χ2n) is 4.14. The molecule has 1 unspecified atom stereocenters. The highest BCUT2D eigenvalue weighted by Crippen LogP contribution is 2.21. The van der Waals surface area contributed by atoms with Crippen LogP contribution < -0.4 is 0 Å². The molecule has 2 nitrogen and oxygen atoms in total. The Morgan fingerprint density at radius 2 is 1.56 bits per heavy atom. The van der Waals surface area contributed by atoms with Crippen LogP contribution in [0, 0.1) is 5.92 Å². The zero-order chi connectivity index (χ0) is 12.4. The van der Waals surface area contributed by atoms with E-state index >= 15 is 0 Å². The Kier molecular flexibility index (Phi) is 8.41. The molecule has 2 heteroatoms. The first-order valence-electron chi connectivity index (χ1n) is 6.08. The molecule has 0 aliphatic rings. The monoisotopic (exact) mass is 224 g/mol. The highest BCUT2D eigenvalue weighted by molar-refractivity contribution is 5.36. The van der Waals surface area contributed by atoms with E-state index in [-0.39, 0.29) is 11.5 Å². The summed E-state index contributed by atoms with van der Waals surface area (Å²) in [5, 5.41) is 17.3. The second kappa shape index (κ2) is 9.08. The van der Waals surface area contributed by atoms with E-state index in [4.69, 9.17) is 10.2 Å². The van der Waals surface area contributed by atoms with Crippen LogP contribution in [0.5, 0.6) is 11.5 Å². The van der Waals surface area contributed by atoms with Crippen molar-refractivity contribution in [3.8, 4) is 11.5 Å². The summed E-state index contributed by atoms with van der Waals surface area (Å²) in [5.74, 6) is 0.801. The molecule has 0 spiro atoms. The third-order valence-electron chi connectivity index (χ3n) is 2.63. The molecule has 0 radical (unpaired) electrons. The number of benzene rings is 1. The first-order valence-corrected chi connectivity index (χ1v) is 6.08. The molecular weight excluding hydrogens is 200 g/mol. The van der Waals surface area contributed by atoms with Gasteiger partial charge in [-0.1, -0.05) is 58.6 Å². The third-order valence-corrected chi connectivity index (χ3v) is 2.63. The minimum absolute atomic E-state index is 0.0764. The van der Waals surface area contributed by atoms with E-state index in [1.165, 1.54) is 37.8 Å². The van der Waals surface area contributed by atoms with E-state index in [0.29, 0.717) is 0 Å². The van der Waals surface area contributed by atoms with E-state index in [2.05, 4.69) is 20.8 Å². The standard InChI is InChI=1S/C8H18.C6H6O2/c1-4-6-7-8(3)5-2;7-5-3-1-2-4-6(5)8/h8H,4-7H2,1-3H3;1-4,7-8H. The lowest BCUT2D eigenvalue weighted by molar-refractivity contribution is 0.404. The normalized spacial score (nSPS) is 11.4. The molecule has 0 aliphatic carbocycles. The molecule has 0 aromatic heterocycles. The van der Waals surface area contributed by atoms with Gasteiger partial charge < -0.3 is 10.2 Å². The Balaban J connectivity index is 0.000000281. The zero-order valence-electron chi connectivity index (χ0n) is 10.6. The van der Waals surface area contributed by atoms with E-state index in [1.54, 1.807) is 12.1 Å². The van der Waals surface area contributed by atoms with Crippen LogP contribution in [0.25, 0.3) is 0 Å². The Labute approximate surface area is 98.9 Å². The number of phenols is 2. The van der Waals surface area contributed by atoms with Gasteiger partial charge in [-0.05, 0) is 18.1 Å². The summed E-state index contributed by atoms with van der Waals surface area (Å²) in [5.41, 5.74) is 0. The van der Waals surface area contributed by atoms with Crippen molar-refractivity contribution in [1.82, 2.24) is 0 Å². The Hall–Kier alpha value is -1.18. The SMILES string of the molecule is CCCCC(C)CC.Oc1ccccc1O. The van der Waals surface area contributed by atoms with Gasteiger partial charge in [0.25, 0.3) is 0 Å². The number of aromatic hydroxyl groups is 2.